The topological polar surface area (TPSA) is 163 Å². The smallest absolute Gasteiger partial charge is 0.329 e. The van der Waals surface area contributed by atoms with Gasteiger partial charge in [0.15, 0.2) is 6.61 Å². The molecule has 12 heteroatoms. The first-order valence-corrected chi connectivity index (χ1v) is 14.3. The van der Waals surface area contributed by atoms with Gasteiger partial charge in [-0.3, -0.25) is 19.2 Å². The Bertz CT molecular complexity index is 1010. The molecule has 1 heterocycles. The second kappa shape index (κ2) is 18.5. The van der Waals surface area contributed by atoms with Crippen molar-refractivity contribution in [3.8, 4) is 12.3 Å². The molecule has 1 saturated heterocycles. The van der Waals surface area contributed by atoms with Crippen LogP contribution in [0.1, 0.15) is 74.7 Å². The molecule has 0 radical (unpaired) electrons. The molecule has 12 nitrogen and oxygen atoms in total. The molecular formula is C30H49N5O7. The zero-order valence-electron chi connectivity index (χ0n) is 26.3. The normalized spacial score (nSPS) is 16.4. The molecule has 1 aliphatic rings. The molecule has 0 spiro atoms. The number of nitrogens with zero attached hydrogens (tertiary/aromatic N) is 1. The van der Waals surface area contributed by atoms with E-state index in [1.54, 1.807) is 34.6 Å². The summed E-state index contributed by atoms with van der Waals surface area (Å²) < 4.78 is 4.95. The van der Waals surface area contributed by atoms with Crippen molar-refractivity contribution in [2.45, 2.75) is 98.8 Å². The SMILES string of the molecule is C#CCOC(=O)C(NC(=O)NC(C(=O)N1CCC[C@H]1C(=O)NC(C)C(=O)C(=O)NCC=C)C(C)(C)C)C(C)C.CCC. The molecule has 1 aliphatic heterocycles. The molecule has 4 atom stereocenters. The van der Waals surface area contributed by atoms with Crippen LogP contribution in [0.15, 0.2) is 12.7 Å². The van der Waals surface area contributed by atoms with E-state index in [1.165, 1.54) is 24.3 Å². The number of Topliss-reactive ketones (excluding diaryl/α,β-unsaturated/α-hetero) is 1. The predicted octanol–water partition coefficient (Wildman–Crippen LogP) is 1.68. The Labute approximate surface area is 250 Å². The van der Waals surface area contributed by atoms with Crippen molar-refractivity contribution in [3.05, 3.63) is 12.7 Å². The summed E-state index contributed by atoms with van der Waals surface area (Å²) in [6.07, 6.45) is 8.68. The summed E-state index contributed by atoms with van der Waals surface area (Å²) in [7, 11) is 0. The summed E-state index contributed by atoms with van der Waals surface area (Å²) in [5, 5.41) is 10.1. The number of rotatable bonds is 12. The van der Waals surface area contributed by atoms with Crippen molar-refractivity contribution in [1.29, 1.82) is 0 Å². The number of urea groups is 1. The highest BCUT2D eigenvalue weighted by Crippen LogP contribution is 2.26. The van der Waals surface area contributed by atoms with E-state index in [1.807, 2.05) is 0 Å². The fourth-order valence-electron chi connectivity index (χ4n) is 3.96. The van der Waals surface area contributed by atoms with Gasteiger partial charge in [0.25, 0.3) is 5.91 Å². The fraction of sp³-hybridized carbons (Fsp3) is 0.667. The van der Waals surface area contributed by atoms with Crippen LogP contribution >= 0.6 is 0 Å². The van der Waals surface area contributed by atoms with Crippen molar-refractivity contribution in [2.75, 3.05) is 19.7 Å². The molecule has 3 unspecified atom stereocenters. The third-order valence-corrected chi connectivity index (χ3v) is 6.11. The Hall–Kier alpha value is -3.88. The van der Waals surface area contributed by atoms with Crippen LogP contribution in [0, 0.1) is 23.7 Å². The number of likely N-dealkylation sites (tertiary alicyclic amines) is 1. The predicted molar refractivity (Wildman–Crippen MR) is 160 cm³/mol. The molecule has 0 bridgehead atoms. The first-order valence-electron chi connectivity index (χ1n) is 14.3. The van der Waals surface area contributed by atoms with Gasteiger partial charge < -0.3 is 30.9 Å². The third-order valence-electron chi connectivity index (χ3n) is 6.11. The number of hydrogen-bond acceptors (Lipinski definition) is 7. The highest BCUT2D eigenvalue weighted by Gasteiger charge is 2.43. The number of amides is 5. The largest absolute Gasteiger partial charge is 0.451 e. The molecule has 0 aliphatic carbocycles. The minimum Gasteiger partial charge on any atom is -0.451 e. The zero-order valence-corrected chi connectivity index (χ0v) is 26.3. The number of nitrogens with one attached hydrogen (secondary N) is 4. The number of carbonyl (C=O) groups is 6. The lowest BCUT2D eigenvalue weighted by molar-refractivity contribution is -0.145. The zero-order chi connectivity index (χ0) is 32.6. The van der Waals surface area contributed by atoms with E-state index < -0.39 is 65.1 Å². The van der Waals surface area contributed by atoms with Crippen LogP contribution in [0.4, 0.5) is 4.79 Å². The summed E-state index contributed by atoms with van der Waals surface area (Å²) >= 11 is 0. The van der Waals surface area contributed by atoms with E-state index in [2.05, 4.69) is 47.6 Å². The number of ether oxygens (including phenoxy) is 1. The minimum atomic E-state index is -1.11. The average Bonchev–Trinajstić information content (AvgIpc) is 3.41. The second-order valence-corrected chi connectivity index (χ2v) is 11.4. The van der Waals surface area contributed by atoms with Crippen molar-refractivity contribution < 1.29 is 33.5 Å². The Balaban J connectivity index is 0.00000535. The highest BCUT2D eigenvalue weighted by atomic mass is 16.5. The monoisotopic (exact) mass is 591 g/mol. The lowest BCUT2D eigenvalue weighted by Crippen LogP contribution is -2.61. The fourth-order valence-corrected chi connectivity index (χ4v) is 3.96. The summed E-state index contributed by atoms with van der Waals surface area (Å²) in [5.74, 6) is -1.58. The van der Waals surface area contributed by atoms with Gasteiger partial charge in [0.1, 0.15) is 18.1 Å². The molecule has 236 valence electrons. The third kappa shape index (κ3) is 12.3. The maximum absolute atomic E-state index is 13.6. The Kier molecular flexibility index (Phi) is 16.8. The van der Waals surface area contributed by atoms with E-state index in [0.29, 0.717) is 12.8 Å². The van der Waals surface area contributed by atoms with E-state index in [0.717, 1.165) is 0 Å². The first kappa shape index (κ1) is 38.1. The molecule has 5 amide bonds. The van der Waals surface area contributed by atoms with Crippen LogP contribution in [-0.2, 0) is 28.7 Å². The number of hydrogen-bond donors (Lipinski definition) is 4. The van der Waals surface area contributed by atoms with Gasteiger partial charge in [-0.1, -0.05) is 66.9 Å². The van der Waals surface area contributed by atoms with Crippen molar-refractivity contribution >= 4 is 35.5 Å². The molecule has 0 aromatic rings. The van der Waals surface area contributed by atoms with Crippen molar-refractivity contribution in [2.24, 2.45) is 11.3 Å². The minimum absolute atomic E-state index is 0.106. The van der Waals surface area contributed by atoms with Gasteiger partial charge in [0.2, 0.25) is 17.6 Å². The molecule has 42 heavy (non-hydrogen) atoms. The van der Waals surface area contributed by atoms with Crippen LogP contribution < -0.4 is 21.3 Å². The highest BCUT2D eigenvalue weighted by molar-refractivity contribution is 6.38. The molecule has 0 aromatic heterocycles. The van der Waals surface area contributed by atoms with Crippen LogP contribution in [0.2, 0.25) is 0 Å². The second-order valence-electron chi connectivity index (χ2n) is 11.4. The van der Waals surface area contributed by atoms with Gasteiger partial charge in [0, 0.05) is 13.1 Å². The van der Waals surface area contributed by atoms with Crippen LogP contribution in [0.5, 0.6) is 0 Å². The lowest BCUT2D eigenvalue weighted by atomic mass is 9.85. The Morgan fingerprint density at radius 3 is 2.17 bits per heavy atom. The van der Waals surface area contributed by atoms with E-state index in [4.69, 9.17) is 11.2 Å². The van der Waals surface area contributed by atoms with E-state index in [-0.39, 0.29) is 25.6 Å². The molecule has 0 saturated carbocycles. The van der Waals surface area contributed by atoms with Crippen LogP contribution in [0.3, 0.4) is 0 Å². The standard InChI is InChI=1S/C27H41N5O7.C3H8/c1-9-13-28-23(35)20(33)17(5)29-22(34)18-12-11-14-32(18)24(36)21(27(6,7)8)31-26(38)30-19(16(3)4)25(37)39-15-10-2;1-3-2/h2,9,16-19,21H,1,11-15H2,3-8H3,(H,28,35)(H,29,34)(H2,30,31,38);3H2,1-2H3/t17?,18-,19?,21?;/m0./s1. The summed E-state index contributed by atoms with van der Waals surface area (Å²) in [6.45, 7) is 17.9. The van der Waals surface area contributed by atoms with E-state index >= 15 is 0 Å². The van der Waals surface area contributed by atoms with E-state index in [9.17, 15) is 28.8 Å². The maximum Gasteiger partial charge on any atom is 0.329 e. The van der Waals surface area contributed by atoms with Gasteiger partial charge in [-0.15, -0.1) is 13.0 Å². The molecule has 1 rings (SSSR count). The summed E-state index contributed by atoms with van der Waals surface area (Å²) in [5.41, 5.74) is -0.762. The number of terminal acetylenes is 1. The molecule has 1 fully saturated rings. The number of ketones is 1. The van der Waals surface area contributed by atoms with Gasteiger partial charge in [-0.05, 0) is 31.1 Å². The van der Waals surface area contributed by atoms with Crippen LogP contribution in [0.25, 0.3) is 0 Å². The lowest BCUT2D eigenvalue weighted by Gasteiger charge is -2.36. The Morgan fingerprint density at radius 2 is 1.67 bits per heavy atom. The van der Waals surface area contributed by atoms with Crippen LogP contribution in [-0.4, -0.2) is 84.3 Å². The molecule has 4 N–H and O–H groups in total. The maximum atomic E-state index is 13.6. The number of carbonyl (C=O) groups excluding carboxylic acids is 6. The van der Waals surface area contributed by atoms with Gasteiger partial charge in [0.05, 0.1) is 6.04 Å². The van der Waals surface area contributed by atoms with Gasteiger partial charge in [-0.2, -0.15) is 0 Å². The number of esters is 1. The molecular weight excluding hydrogens is 542 g/mol. The van der Waals surface area contributed by atoms with Gasteiger partial charge in [-0.25, -0.2) is 9.59 Å². The molecule has 0 aromatic carbocycles. The van der Waals surface area contributed by atoms with Crippen molar-refractivity contribution in [1.82, 2.24) is 26.2 Å². The van der Waals surface area contributed by atoms with Crippen molar-refractivity contribution in [3.63, 3.8) is 0 Å². The summed E-state index contributed by atoms with van der Waals surface area (Å²) in [6, 6.07) is -4.80. The average molecular weight is 592 g/mol. The Morgan fingerprint density at radius 1 is 1.07 bits per heavy atom. The summed E-state index contributed by atoms with van der Waals surface area (Å²) in [4.78, 5) is 77.4. The quantitative estimate of drug-likeness (QED) is 0.116. The first-order chi connectivity index (χ1) is 19.6. The van der Waals surface area contributed by atoms with Gasteiger partial charge >= 0.3 is 12.0 Å².